The molecule has 10 heteroatoms. The summed E-state index contributed by atoms with van der Waals surface area (Å²) in [6.07, 6.45) is 3.99. The maximum absolute atomic E-state index is 14.9. The van der Waals surface area contributed by atoms with E-state index in [1.165, 1.54) is 12.4 Å². The highest BCUT2D eigenvalue weighted by molar-refractivity contribution is 5.88. The molecule has 214 valence electrons. The van der Waals surface area contributed by atoms with Gasteiger partial charge in [0, 0.05) is 31.4 Å². The number of hydrogen-bond donors (Lipinski definition) is 0. The Labute approximate surface area is 243 Å². The number of anilines is 1. The second kappa shape index (κ2) is 10.9. The van der Waals surface area contributed by atoms with E-state index in [1.807, 2.05) is 47.4 Å². The van der Waals surface area contributed by atoms with Crippen molar-refractivity contribution in [2.45, 2.75) is 44.9 Å². The Kier molecular flexibility index (Phi) is 7.11. The number of nitriles is 1. The molecule has 2 fully saturated rings. The molecule has 2 aliphatic rings. The van der Waals surface area contributed by atoms with Crippen LogP contribution in [0.2, 0.25) is 0 Å². The molecular formula is C32H31FN6O3. The number of nitrogens with zero attached hydrogens (tertiary/aromatic N) is 6. The fourth-order valence-corrected chi connectivity index (χ4v) is 6.31. The summed E-state index contributed by atoms with van der Waals surface area (Å²) in [6.45, 7) is 5.82. The number of aromatic nitrogens is 3. The minimum absolute atomic E-state index is 0.0505. The van der Waals surface area contributed by atoms with Gasteiger partial charge in [0.15, 0.2) is 6.73 Å². The molecule has 6 rings (SSSR count). The van der Waals surface area contributed by atoms with Crippen LogP contribution in [0.1, 0.15) is 38.2 Å². The average molecular weight is 567 g/mol. The quantitative estimate of drug-likeness (QED) is 0.294. The van der Waals surface area contributed by atoms with E-state index >= 15 is 0 Å². The molecule has 4 aromatic rings. The molecule has 1 amide bonds. The highest BCUT2D eigenvalue weighted by atomic mass is 19.1. The molecule has 0 radical (unpaired) electrons. The number of amides is 1. The van der Waals surface area contributed by atoms with E-state index in [2.05, 4.69) is 21.8 Å². The van der Waals surface area contributed by atoms with Crippen molar-refractivity contribution in [2.24, 2.45) is 5.92 Å². The standard InChI is InChI=1S/C32H31FN6O3/c1-21-17-39(28(40)10-13-34)32(21)12-15-37(18-32)29-26-11-14-38(30(26)36-19-35-29)20-42-31(41)22(2)24-8-9-25(27(33)16-24)23-6-4-3-5-7-23/h3-9,11,14,16,19,21-22H,10,12,15,17-18,20H2,1-2H3/t21-,22?,32-/m0/s1. The number of carbonyl (C=O) groups excluding carboxylic acids is 2. The summed E-state index contributed by atoms with van der Waals surface area (Å²) in [5, 5.41) is 9.82. The number of likely N-dealkylation sites (tertiary alicyclic amines) is 1. The summed E-state index contributed by atoms with van der Waals surface area (Å²) < 4.78 is 22.3. The van der Waals surface area contributed by atoms with Crippen molar-refractivity contribution in [3.8, 4) is 17.2 Å². The SMILES string of the molecule is CC(C(=O)OCn1ccc2c(N3CC[C@]4(C3)[C@@H](C)CN4C(=O)CC#N)ncnc21)c1ccc(-c2ccccc2)c(F)c1. The fraction of sp³-hybridized carbons (Fsp3) is 0.344. The van der Waals surface area contributed by atoms with Gasteiger partial charge in [-0.1, -0.05) is 49.4 Å². The summed E-state index contributed by atoms with van der Waals surface area (Å²) in [5.41, 5.74) is 2.12. The van der Waals surface area contributed by atoms with Gasteiger partial charge in [-0.15, -0.1) is 0 Å². The first-order chi connectivity index (χ1) is 20.3. The maximum atomic E-state index is 14.9. The lowest BCUT2D eigenvalue weighted by molar-refractivity contribution is -0.152. The predicted octanol–water partition coefficient (Wildman–Crippen LogP) is 4.88. The topological polar surface area (TPSA) is 104 Å². The van der Waals surface area contributed by atoms with Crippen molar-refractivity contribution >= 4 is 28.7 Å². The van der Waals surface area contributed by atoms with Crippen molar-refractivity contribution in [3.63, 3.8) is 0 Å². The van der Waals surface area contributed by atoms with Gasteiger partial charge in [-0.2, -0.15) is 5.26 Å². The lowest BCUT2D eigenvalue weighted by atomic mass is 9.74. The second-order valence-electron chi connectivity index (χ2n) is 11.2. The minimum atomic E-state index is -0.659. The zero-order valence-corrected chi connectivity index (χ0v) is 23.5. The summed E-state index contributed by atoms with van der Waals surface area (Å²) in [7, 11) is 0. The van der Waals surface area contributed by atoms with E-state index in [0.29, 0.717) is 35.8 Å². The number of esters is 1. The Balaban J connectivity index is 1.14. The van der Waals surface area contributed by atoms with Crippen molar-refractivity contribution in [1.29, 1.82) is 5.26 Å². The Bertz CT molecular complexity index is 1700. The lowest BCUT2D eigenvalue weighted by Crippen LogP contribution is -2.69. The van der Waals surface area contributed by atoms with E-state index in [9.17, 15) is 14.0 Å². The van der Waals surface area contributed by atoms with Crippen molar-refractivity contribution in [2.75, 3.05) is 24.5 Å². The number of benzene rings is 2. The molecule has 9 nitrogen and oxygen atoms in total. The molecule has 3 atom stereocenters. The number of hydrogen-bond acceptors (Lipinski definition) is 7. The van der Waals surface area contributed by atoms with Gasteiger partial charge in [0.1, 0.15) is 30.0 Å². The van der Waals surface area contributed by atoms with Crippen LogP contribution in [0.5, 0.6) is 0 Å². The van der Waals surface area contributed by atoms with Crippen LogP contribution < -0.4 is 4.90 Å². The van der Waals surface area contributed by atoms with E-state index < -0.39 is 17.7 Å². The van der Waals surface area contributed by atoms with Crippen LogP contribution in [-0.2, 0) is 21.1 Å². The lowest BCUT2D eigenvalue weighted by Gasteiger charge is -2.55. The number of carbonyl (C=O) groups is 2. The molecule has 2 aliphatic heterocycles. The normalized spacial score (nSPS) is 20.4. The molecule has 4 heterocycles. The number of ether oxygens (including phenoxy) is 1. The van der Waals surface area contributed by atoms with Crippen LogP contribution in [0.3, 0.4) is 0 Å². The second-order valence-corrected chi connectivity index (χ2v) is 11.2. The van der Waals surface area contributed by atoms with Gasteiger partial charge in [0.2, 0.25) is 5.91 Å². The van der Waals surface area contributed by atoms with Gasteiger partial charge in [-0.05, 0) is 42.5 Å². The first kappa shape index (κ1) is 27.4. The maximum Gasteiger partial charge on any atom is 0.314 e. The number of halogens is 1. The third-order valence-corrected chi connectivity index (χ3v) is 8.83. The zero-order chi connectivity index (χ0) is 29.4. The smallest absolute Gasteiger partial charge is 0.314 e. The molecule has 0 aliphatic carbocycles. The largest absolute Gasteiger partial charge is 0.443 e. The van der Waals surface area contributed by atoms with Crippen molar-refractivity contribution < 1.29 is 18.7 Å². The third kappa shape index (κ3) is 4.65. The first-order valence-corrected chi connectivity index (χ1v) is 14.1. The molecule has 0 saturated carbocycles. The zero-order valence-electron chi connectivity index (χ0n) is 23.5. The van der Waals surface area contributed by atoms with Crippen molar-refractivity contribution in [3.05, 3.63) is 78.5 Å². The molecule has 2 saturated heterocycles. The van der Waals surface area contributed by atoms with Crippen LogP contribution in [0.25, 0.3) is 22.2 Å². The van der Waals surface area contributed by atoms with Gasteiger partial charge < -0.3 is 14.5 Å². The van der Waals surface area contributed by atoms with Crippen LogP contribution in [0.15, 0.2) is 67.1 Å². The minimum Gasteiger partial charge on any atom is -0.443 e. The predicted molar refractivity (Wildman–Crippen MR) is 155 cm³/mol. The van der Waals surface area contributed by atoms with E-state index in [0.717, 1.165) is 29.7 Å². The van der Waals surface area contributed by atoms with Gasteiger partial charge in [0.25, 0.3) is 0 Å². The number of rotatable bonds is 7. The Morgan fingerprint density at radius 2 is 2.00 bits per heavy atom. The van der Waals surface area contributed by atoms with E-state index in [-0.39, 0.29) is 24.6 Å². The summed E-state index contributed by atoms with van der Waals surface area (Å²) in [6, 6.07) is 18.0. The third-order valence-electron chi connectivity index (χ3n) is 8.83. The summed E-state index contributed by atoms with van der Waals surface area (Å²) >= 11 is 0. The highest BCUT2D eigenvalue weighted by Crippen LogP contribution is 2.45. The molecule has 0 N–H and O–H groups in total. The number of fused-ring (bicyclic) bond motifs is 1. The van der Waals surface area contributed by atoms with Gasteiger partial charge in [-0.25, -0.2) is 14.4 Å². The van der Waals surface area contributed by atoms with Crippen LogP contribution >= 0.6 is 0 Å². The van der Waals surface area contributed by atoms with Crippen LogP contribution in [0, 0.1) is 23.1 Å². The van der Waals surface area contributed by atoms with E-state index in [4.69, 9.17) is 10.00 Å². The van der Waals surface area contributed by atoms with Crippen LogP contribution in [0.4, 0.5) is 10.2 Å². The van der Waals surface area contributed by atoms with Gasteiger partial charge in [-0.3, -0.25) is 14.2 Å². The fourth-order valence-electron chi connectivity index (χ4n) is 6.31. The highest BCUT2D eigenvalue weighted by Gasteiger charge is 2.56. The Hall–Kier alpha value is -4.78. The molecule has 2 aromatic heterocycles. The molecular weight excluding hydrogens is 535 g/mol. The molecule has 42 heavy (non-hydrogen) atoms. The Morgan fingerprint density at radius 3 is 2.74 bits per heavy atom. The van der Waals surface area contributed by atoms with E-state index in [1.54, 1.807) is 29.8 Å². The van der Waals surface area contributed by atoms with Gasteiger partial charge in [0.05, 0.1) is 22.9 Å². The summed E-state index contributed by atoms with van der Waals surface area (Å²) in [4.78, 5) is 38.5. The molecule has 1 unspecified atom stereocenters. The van der Waals surface area contributed by atoms with Gasteiger partial charge >= 0.3 is 5.97 Å². The first-order valence-electron chi connectivity index (χ1n) is 14.1. The van der Waals surface area contributed by atoms with Crippen LogP contribution in [-0.4, -0.2) is 56.5 Å². The molecule has 1 spiro atoms. The van der Waals surface area contributed by atoms with Crippen molar-refractivity contribution in [1.82, 2.24) is 19.4 Å². The molecule has 0 bridgehead atoms. The summed E-state index contributed by atoms with van der Waals surface area (Å²) in [5.74, 6) is -0.555. The molecule has 2 aromatic carbocycles. The average Bonchev–Trinajstić information content (AvgIpc) is 3.65. The Morgan fingerprint density at radius 1 is 1.19 bits per heavy atom. The monoisotopic (exact) mass is 566 g/mol.